The monoisotopic (exact) mass is 199 g/mol. The van der Waals surface area contributed by atoms with Crippen molar-refractivity contribution in [1.82, 2.24) is 5.32 Å². The molecule has 2 heterocycles. The lowest BCUT2D eigenvalue weighted by Crippen LogP contribution is -2.52. The van der Waals surface area contributed by atoms with Crippen LogP contribution in [0.4, 0.5) is 0 Å². The highest BCUT2D eigenvalue weighted by Crippen LogP contribution is 2.59. The second-order valence-corrected chi connectivity index (χ2v) is 4.46. The molecule has 3 nitrogen and oxygen atoms in total. The maximum Gasteiger partial charge on any atom is 0.207 e. The van der Waals surface area contributed by atoms with Crippen LogP contribution in [-0.4, -0.2) is 24.7 Å². The Morgan fingerprint density at radius 3 is 2.36 bits per heavy atom. The maximum absolute atomic E-state index is 10.3. The van der Waals surface area contributed by atoms with Crippen LogP contribution in [0.3, 0.4) is 0 Å². The number of hydrogen-bond acceptors (Lipinski definition) is 2. The number of carbonyl (C=O) groups is 1. The van der Waals surface area contributed by atoms with Gasteiger partial charge in [0, 0.05) is 11.5 Å². The number of hydrogen-bond donors (Lipinski definition) is 1. The van der Waals surface area contributed by atoms with Crippen molar-refractivity contribution in [3.63, 3.8) is 0 Å². The highest BCUT2D eigenvalue weighted by atomic mass is 16.5. The normalized spacial score (nSPS) is 40.3. The van der Waals surface area contributed by atoms with E-state index in [1.807, 2.05) is 13.8 Å². The van der Waals surface area contributed by atoms with Crippen molar-refractivity contribution < 1.29 is 9.53 Å². The summed E-state index contributed by atoms with van der Waals surface area (Å²) in [6, 6.07) is 0.255. The van der Waals surface area contributed by atoms with Crippen molar-refractivity contribution in [2.45, 2.75) is 52.2 Å². The summed E-state index contributed by atoms with van der Waals surface area (Å²) in [4.78, 5) is 10.3. The number of ether oxygens (including phenoxy) is 1. The highest BCUT2D eigenvalue weighted by Gasteiger charge is 2.61. The van der Waals surface area contributed by atoms with Crippen molar-refractivity contribution in [2.75, 3.05) is 6.61 Å². The topological polar surface area (TPSA) is 38.3 Å². The Balaban J connectivity index is 0.000000461. The Morgan fingerprint density at radius 1 is 1.43 bits per heavy atom. The molecule has 2 bridgehead atoms. The molecular weight excluding hydrogens is 178 g/mol. The van der Waals surface area contributed by atoms with Crippen molar-refractivity contribution in [2.24, 2.45) is 5.41 Å². The number of amides is 1. The molecule has 1 amide bonds. The van der Waals surface area contributed by atoms with Gasteiger partial charge in [0.05, 0.1) is 12.2 Å². The highest BCUT2D eigenvalue weighted by molar-refractivity contribution is 5.47. The Morgan fingerprint density at radius 2 is 2.00 bits per heavy atom. The van der Waals surface area contributed by atoms with Crippen LogP contribution >= 0.6 is 0 Å². The summed E-state index contributed by atoms with van der Waals surface area (Å²) in [6.07, 6.45) is 2.98. The van der Waals surface area contributed by atoms with Crippen molar-refractivity contribution in [3.8, 4) is 0 Å². The minimum Gasteiger partial charge on any atom is -0.375 e. The van der Waals surface area contributed by atoms with Gasteiger partial charge >= 0.3 is 0 Å². The van der Waals surface area contributed by atoms with Gasteiger partial charge < -0.3 is 10.1 Å². The van der Waals surface area contributed by atoms with Gasteiger partial charge in [0.25, 0.3) is 0 Å². The van der Waals surface area contributed by atoms with E-state index in [4.69, 9.17) is 4.74 Å². The third-order valence-corrected chi connectivity index (χ3v) is 3.40. The van der Waals surface area contributed by atoms with Gasteiger partial charge in [0.15, 0.2) is 0 Å². The van der Waals surface area contributed by atoms with Gasteiger partial charge in [-0.1, -0.05) is 13.8 Å². The predicted molar refractivity (Wildman–Crippen MR) is 56.0 cm³/mol. The van der Waals surface area contributed by atoms with Gasteiger partial charge in [0.2, 0.25) is 6.41 Å². The number of carbonyl (C=O) groups excluding carboxylic acids is 1. The molecule has 14 heavy (non-hydrogen) atoms. The van der Waals surface area contributed by atoms with Gasteiger partial charge in [0.1, 0.15) is 0 Å². The average molecular weight is 199 g/mol. The molecule has 0 aromatic rings. The van der Waals surface area contributed by atoms with E-state index in [2.05, 4.69) is 19.2 Å². The number of rotatable bonds is 3. The maximum atomic E-state index is 10.3. The van der Waals surface area contributed by atoms with E-state index in [0.29, 0.717) is 0 Å². The van der Waals surface area contributed by atoms with Crippen LogP contribution in [0.2, 0.25) is 0 Å². The zero-order valence-corrected chi connectivity index (χ0v) is 9.59. The molecular formula is C11H21NO2. The zero-order chi connectivity index (χ0) is 10.8. The summed E-state index contributed by atoms with van der Waals surface area (Å²) in [5.74, 6) is 0. The van der Waals surface area contributed by atoms with Crippen molar-refractivity contribution in [1.29, 1.82) is 0 Å². The van der Waals surface area contributed by atoms with E-state index in [-0.39, 0.29) is 17.1 Å². The Bertz CT molecular complexity index is 209. The molecule has 2 aliphatic heterocycles. The molecule has 82 valence electrons. The van der Waals surface area contributed by atoms with Crippen LogP contribution in [0.5, 0.6) is 0 Å². The molecule has 3 aliphatic rings. The molecule has 0 radical (unpaired) electrons. The first-order valence-electron chi connectivity index (χ1n) is 5.44. The number of fused-ring (bicyclic) bond motifs is 1. The molecule has 3 rings (SSSR count). The Labute approximate surface area is 86.2 Å². The molecule has 3 heteroatoms. The predicted octanol–water partition coefficient (Wildman–Crippen LogP) is 1.72. The molecule has 3 fully saturated rings. The summed E-state index contributed by atoms with van der Waals surface area (Å²) < 4.78 is 5.63. The largest absolute Gasteiger partial charge is 0.375 e. The fourth-order valence-corrected chi connectivity index (χ4v) is 2.67. The van der Waals surface area contributed by atoms with Gasteiger partial charge in [-0.2, -0.15) is 0 Å². The number of nitrogens with one attached hydrogen (secondary N) is 1. The second kappa shape index (κ2) is 3.89. The molecule has 0 spiro atoms. The lowest BCUT2D eigenvalue weighted by atomic mass is 9.60. The molecule has 1 unspecified atom stereocenters. The minimum atomic E-state index is 0.124. The first-order valence-corrected chi connectivity index (χ1v) is 5.44. The van der Waals surface area contributed by atoms with Gasteiger partial charge in [-0.25, -0.2) is 0 Å². The summed E-state index contributed by atoms with van der Waals surface area (Å²) >= 11 is 0. The molecule has 1 saturated carbocycles. The van der Waals surface area contributed by atoms with E-state index in [1.54, 1.807) is 0 Å². The van der Waals surface area contributed by atoms with Gasteiger partial charge in [-0.05, 0) is 26.7 Å². The van der Waals surface area contributed by atoms with Crippen molar-refractivity contribution in [3.05, 3.63) is 0 Å². The van der Waals surface area contributed by atoms with Gasteiger partial charge in [-0.15, -0.1) is 0 Å². The van der Waals surface area contributed by atoms with Crippen LogP contribution in [0.15, 0.2) is 0 Å². The third-order valence-electron chi connectivity index (χ3n) is 3.40. The minimum absolute atomic E-state index is 0.124. The van der Waals surface area contributed by atoms with Crippen LogP contribution in [0, 0.1) is 5.41 Å². The fraction of sp³-hybridized carbons (Fsp3) is 0.909. The summed E-state index contributed by atoms with van der Waals surface area (Å²) in [6.45, 7) is 9.01. The lowest BCUT2D eigenvalue weighted by molar-refractivity contribution is -0.111. The van der Waals surface area contributed by atoms with Crippen molar-refractivity contribution >= 4 is 6.41 Å². The molecule has 2 saturated heterocycles. The summed E-state index contributed by atoms with van der Waals surface area (Å²) in [5, 5.41) is 2.82. The van der Waals surface area contributed by atoms with Crippen LogP contribution in [-0.2, 0) is 9.53 Å². The van der Waals surface area contributed by atoms with Crippen LogP contribution in [0.1, 0.15) is 40.5 Å². The molecule has 1 aliphatic carbocycles. The Hall–Kier alpha value is -0.570. The fourth-order valence-electron chi connectivity index (χ4n) is 2.67. The van der Waals surface area contributed by atoms with E-state index in [9.17, 15) is 4.79 Å². The zero-order valence-electron chi connectivity index (χ0n) is 9.59. The van der Waals surface area contributed by atoms with Gasteiger partial charge in [-0.3, -0.25) is 4.79 Å². The third kappa shape index (κ3) is 1.65. The molecule has 1 atom stereocenters. The summed E-state index contributed by atoms with van der Waals surface area (Å²) in [7, 11) is 0. The van der Waals surface area contributed by atoms with Crippen LogP contribution in [0.25, 0.3) is 0 Å². The van der Waals surface area contributed by atoms with E-state index < -0.39 is 0 Å². The second-order valence-electron chi connectivity index (χ2n) is 4.46. The van der Waals surface area contributed by atoms with E-state index >= 15 is 0 Å². The standard InChI is InChI=1S/C9H15NO2.C2H6/c1-7(10-6-11)9-3-8(2,4-9)12-5-9;1-2/h6-7H,3-5H2,1-2H3,(H,10,11);1-2H3. The SMILES string of the molecule is CC.CC(NC=O)C12COC(C)(C1)C2. The first-order chi connectivity index (χ1) is 6.60. The average Bonchev–Trinajstić information content (AvgIpc) is 2.63. The molecule has 0 aromatic carbocycles. The molecule has 0 aromatic heterocycles. The van der Waals surface area contributed by atoms with Crippen LogP contribution < -0.4 is 5.32 Å². The summed E-state index contributed by atoms with van der Waals surface area (Å²) in [5.41, 5.74) is 0.370. The van der Waals surface area contributed by atoms with E-state index in [1.165, 1.54) is 0 Å². The molecule has 1 N–H and O–H groups in total. The first kappa shape index (κ1) is 11.5. The smallest absolute Gasteiger partial charge is 0.207 e. The van der Waals surface area contributed by atoms with E-state index in [0.717, 1.165) is 25.9 Å². The Kier molecular flexibility index (Phi) is 3.20. The quantitative estimate of drug-likeness (QED) is 0.703. The lowest BCUT2D eigenvalue weighted by Gasteiger charge is -2.45.